The van der Waals surface area contributed by atoms with Crippen molar-refractivity contribution in [3.05, 3.63) is 29.8 Å². The van der Waals surface area contributed by atoms with Gasteiger partial charge in [0.05, 0.1) is 16.5 Å². The molecule has 2 amide bonds. The third-order valence-corrected chi connectivity index (χ3v) is 6.65. The van der Waals surface area contributed by atoms with Crippen LogP contribution in [0.3, 0.4) is 0 Å². The van der Waals surface area contributed by atoms with Crippen molar-refractivity contribution in [1.29, 1.82) is 0 Å². The zero-order valence-corrected chi connectivity index (χ0v) is 18.5. The fraction of sp³-hybridized carbons (Fsp3) is 0.652. The summed E-state index contributed by atoms with van der Waals surface area (Å²) < 4.78 is 38.8. The Kier molecular flexibility index (Phi) is 10.2. The lowest BCUT2D eigenvalue weighted by atomic mass is 10.1. The minimum absolute atomic E-state index is 0.00172. The molecule has 0 bridgehead atoms. The van der Waals surface area contributed by atoms with E-state index in [-0.39, 0.29) is 12.1 Å². The van der Waals surface area contributed by atoms with E-state index in [0.717, 1.165) is 35.6 Å². The lowest BCUT2D eigenvalue weighted by Gasteiger charge is -2.16. The van der Waals surface area contributed by atoms with Gasteiger partial charge in [-0.05, 0) is 30.4 Å². The van der Waals surface area contributed by atoms with Crippen LogP contribution in [0.2, 0.25) is 0 Å². The van der Waals surface area contributed by atoms with Gasteiger partial charge in [-0.3, -0.25) is 9.59 Å². The Morgan fingerprint density at radius 2 is 1.57 bits per heavy atom. The molecule has 1 aromatic carbocycles. The number of hydrogen-bond acceptors (Lipinski definition) is 3. The summed E-state index contributed by atoms with van der Waals surface area (Å²) in [5, 5.41) is -0.495. The van der Waals surface area contributed by atoms with Gasteiger partial charge in [0.15, 0.2) is 0 Å². The Morgan fingerprint density at radius 3 is 2.17 bits per heavy atom. The van der Waals surface area contributed by atoms with Gasteiger partial charge in [-0.15, -0.1) is 11.8 Å². The summed E-state index contributed by atoms with van der Waals surface area (Å²) in [7, 11) is 0. The molecule has 0 saturated carbocycles. The number of halogens is 3. The first-order valence-electron chi connectivity index (χ1n) is 11.0. The van der Waals surface area contributed by atoms with Gasteiger partial charge in [-0.2, -0.15) is 13.2 Å². The average molecular weight is 444 g/mol. The van der Waals surface area contributed by atoms with E-state index in [0.29, 0.717) is 0 Å². The van der Waals surface area contributed by atoms with Gasteiger partial charge in [0, 0.05) is 6.42 Å². The molecule has 0 aliphatic carbocycles. The number of nitrogens with zero attached hydrogens (tertiary/aromatic N) is 1. The summed E-state index contributed by atoms with van der Waals surface area (Å²) in [6.07, 6.45) is 7.89. The van der Waals surface area contributed by atoms with Crippen molar-refractivity contribution in [2.45, 2.75) is 89.0 Å². The van der Waals surface area contributed by atoms with Crippen LogP contribution in [-0.4, -0.2) is 22.8 Å². The molecule has 0 spiro atoms. The minimum atomic E-state index is -4.51. The summed E-state index contributed by atoms with van der Waals surface area (Å²) >= 11 is 1.45. The largest absolute Gasteiger partial charge is 0.416 e. The molecule has 168 valence electrons. The number of imide groups is 1. The molecule has 1 heterocycles. The number of amides is 2. The van der Waals surface area contributed by atoms with Gasteiger partial charge >= 0.3 is 6.18 Å². The van der Waals surface area contributed by atoms with Gasteiger partial charge in [0.25, 0.3) is 0 Å². The van der Waals surface area contributed by atoms with Crippen LogP contribution in [0.5, 0.6) is 0 Å². The maximum atomic E-state index is 12.9. The van der Waals surface area contributed by atoms with Crippen molar-refractivity contribution in [2.75, 3.05) is 10.7 Å². The lowest BCUT2D eigenvalue weighted by Crippen LogP contribution is -2.31. The van der Waals surface area contributed by atoms with E-state index < -0.39 is 28.8 Å². The quantitative estimate of drug-likeness (QED) is 0.243. The molecule has 1 saturated heterocycles. The molecule has 1 fully saturated rings. The predicted octanol–water partition coefficient (Wildman–Crippen LogP) is 6.99. The molecule has 1 aliphatic heterocycles. The Bertz CT molecular complexity index is 693. The fourth-order valence-electron chi connectivity index (χ4n) is 3.64. The molecule has 0 radical (unpaired) electrons. The molecule has 2 rings (SSSR count). The second-order valence-electron chi connectivity index (χ2n) is 7.86. The molecule has 1 aromatic rings. The maximum Gasteiger partial charge on any atom is 0.416 e. The van der Waals surface area contributed by atoms with Crippen LogP contribution in [0, 0.1) is 0 Å². The number of carbonyl (C=O) groups is 2. The SMILES string of the molecule is CCCCCCCCCCCCSC1CC(=O)N(c2cccc(C(F)(F)F)c2)C1=O. The topological polar surface area (TPSA) is 37.4 Å². The highest BCUT2D eigenvalue weighted by molar-refractivity contribution is 8.00. The Labute approximate surface area is 181 Å². The van der Waals surface area contributed by atoms with E-state index in [1.165, 1.54) is 75.3 Å². The second kappa shape index (κ2) is 12.4. The van der Waals surface area contributed by atoms with E-state index in [1.807, 2.05) is 0 Å². The highest BCUT2D eigenvalue weighted by Crippen LogP contribution is 2.35. The molecule has 0 N–H and O–H groups in total. The zero-order valence-electron chi connectivity index (χ0n) is 17.7. The van der Waals surface area contributed by atoms with E-state index >= 15 is 0 Å². The number of alkyl halides is 3. The molecule has 30 heavy (non-hydrogen) atoms. The van der Waals surface area contributed by atoms with Crippen LogP contribution in [0.25, 0.3) is 0 Å². The molecule has 0 aromatic heterocycles. The number of thioether (sulfide) groups is 1. The molecule has 1 aliphatic rings. The number of hydrogen-bond donors (Lipinski definition) is 0. The third kappa shape index (κ3) is 7.64. The van der Waals surface area contributed by atoms with E-state index in [4.69, 9.17) is 0 Å². The predicted molar refractivity (Wildman–Crippen MR) is 117 cm³/mol. The highest BCUT2D eigenvalue weighted by Gasteiger charge is 2.40. The third-order valence-electron chi connectivity index (χ3n) is 5.35. The smallest absolute Gasteiger partial charge is 0.274 e. The van der Waals surface area contributed by atoms with Gasteiger partial charge in [-0.25, -0.2) is 4.90 Å². The molecule has 7 heteroatoms. The summed E-state index contributed by atoms with van der Waals surface area (Å²) in [6, 6.07) is 4.40. The summed E-state index contributed by atoms with van der Waals surface area (Å²) in [5.74, 6) is -0.0484. The Balaban J connectivity index is 1.69. The summed E-state index contributed by atoms with van der Waals surface area (Å²) in [6.45, 7) is 2.22. The molecule has 1 atom stereocenters. The fourth-order valence-corrected chi connectivity index (χ4v) is 4.81. The Hall–Kier alpha value is -1.50. The minimum Gasteiger partial charge on any atom is -0.274 e. The van der Waals surface area contributed by atoms with Gasteiger partial charge in [0.1, 0.15) is 0 Å². The van der Waals surface area contributed by atoms with Crippen molar-refractivity contribution < 1.29 is 22.8 Å². The number of rotatable bonds is 13. The van der Waals surface area contributed by atoms with Crippen LogP contribution in [-0.2, 0) is 15.8 Å². The van der Waals surface area contributed by atoms with Crippen LogP contribution in [0.4, 0.5) is 18.9 Å². The average Bonchev–Trinajstić information content (AvgIpc) is 2.99. The number of unbranched alkanes of at least 4 members (excludes halogenated alkanes) is 9. The highest BCUT2D eigenvalue weighted by atomic mass is 32.2. The molecular formula is C23H32F3NO2S. The molecule has 3 nitrogen and oxygen atoms in total. The van der Waals surface area contributed by atoms with Crippen LogP contribution in [0.15, 0.2) is 24.3 Å². The molecular weight excluding hydrogens is 411 g/mol. The maximum absolute atomic E-state index is 12.9. The zero-order chi connectivity index (χ0) is 22.0. The first kappa shape index (κ1) is 24.8. The number of anilines is 1. The van der Waals surface area contributed by atoms with E-state index in [9.17, 15) is 22.8 Å². The van der Waals surface area contributed by atoms with Gasteiger partial charge < -0.3 is 0 Å². The van der Waals surface area contributed by atoms with Crippen LogP contribution < -0.4 is 4.90 Å². The normalized spacial score (nSPS) is 17.2. The lowest BCUT2D eigenvalue weighted by molar-refractivity contribution is -0.137. The number of carbonyl (C=O) groups excluding carboxylic acids is 2. The van der Waals surface area contributed by atoms with E-state index in [2.05, 4.69) is 6.92 Å². The van der Waals surface area contributed by atoms with Gasteiger partial charge in [0.2, 0.25) is 11.8 Å². The van der Waals surface area contributed by atoms with Crippen molar-refractivity contribution in [3.63, 3.8) is 0 Å². The Morgan fingerprint density at radius 1 is 0.967 bits per heavy atom. The van der Waals surface area contributed by atoms with Crippen molar-refractivity contribution in [1.82, 2.24) is 0 Å². The van der Waals surface area contributed by atoms with Crippen molar-refractivity contribution in [3.8, 4) is 0 Å². The van der Waals surface area contributed by atoms with Crippen molar-refractivity contribution in [2.24, 2.45) is 0 Å². The summed E-state index contributed by atoms with van der Waals surface area (Å²) in [5.41, 5.74) is -0.857. The van der Waals surface area contributed by atoms with Crippen LogP contribution in [0.1, 0.15) is 83.1 Å². The number of benzene rings is 1. The van der Waals surface area contributed by atoms with E-state index in [1.54, 1.807) is 0 Å². The monoisotopic (exact) mass is 443 g/mol. The first-order valence-corrected chi connectivity index (χ1v) is 12.0. The molecule has 1 unspecified atom stereocenters. The first-order chi connectivity index (χ1) is 14.3. The van der Waals surface area contributed by atoms with Crippen LogP contribution >= 0.6 is 11.8 Å². The van der Waals surface area contributed by atoms with Gasteiger partial charge in [-0.1, -0.05) is 70.8 Å². The van der Waals surface area contributed by atoms with Crippen molar-refractivity contribution >= 4 is 29.3 Å². The summed E-state index contributed by atoms with van der Waals surface area (Å²) in [4.78, 5) is 25.8. The standard InChI is InChI=1S/C23H32F3NO2S/c1-2-3-4-5-6-7-8-9-10-11-15-30-20-17-21(28)27(22(20)29)19-14-12-13-18(16-19)23(24,25)26/h12-14,16,20H,2-11,15,17H2,1H3. The second-order valence-corrected chi connectivity index (χ2v) is 9.17.